The van der Waals surface area contributed by atoms with Crippen molar-refractivity contribution in [2.45, 2.75) is 180 Å². The number of hydrogen-bond acceptors (Lipinski definition) is 0. The Balaban J connectivity index is 1.69. The van der Waals surface area contributed by atoms with E-state index in [0.29, 0.717) is 5.41 Å². The fraction of sp³-hybridized carbons (Fsp3) is 0.824. The van der Waals surface area contributed by atoms with Crippen LogP contribution in [0.2, 0.25) is 0 Å². The van der Waals surface area contributed by atoms with Gasteiger partial charge in [-0.3, -0.25) is 0 Å². The summed E-state index contributed by atoms with van der Waals surface area (Å²) in [6.45, 7) is 4.63. The van der Waals surface area contributed by atoms with E-state index in [1.54, 1.807) is 11.1 Å². The van der Waals surface area contributed by atoms with E-state index in [2.05, 4.69) is 38.1 Å². The second-order valence-electron chi connectivity index (χ2n) is 11.7. The average molecular weight is 469 g/mol. The van der Waals surface area contributed by atoms with Gasteiger partial charge in [-0.15, -0.1) is 0 Å². The summed E-state index contributed by atoms with van der Waals surface area (Å²) in [5, 5.41) is 0. The normalized spacial score (nSPS) is 14.9. The smallest absolute Gasteiger partial charge is 0.00441 e. The molecule has 1 aliphatic rings. The van der Waals surface area contributed by atoms with Crippen molar-refractivity contribution in [3.8, 4) is 0 Å². The minimum atomic E-state index is 0.495. The van der Waals surface area contributed by atoms with E-state index in [1.807, 2.05) is 0 Å². The molecule has 0 heteroatoms. The monoisotopic (exact) mass is 468 g/mol. The first-order valence-corrected chi connectivity index (χ1v) is 15.9. The topological polar surface area (TPSA) is 0 Å². The van der Waals surface area contributed by atoms with Gasteiger partial charge in [-0.1, -0.05) is 167 Å². The van der Waals surface area contributed by atoms with Crippen molar-refractivity contribution in [1.29, 1.82) is 0 Å². The Morgan fingerprint density at radius 2 is 0.941 bits per heavy atom. The molecule has 0 aromatic heterocycles. The van der Waals surface area contributed by atoms with Crippen molar-refractivity contribution in [2.24, 2.45) is 0 Å². The molecule has 0 bridgehead atoms. The summed E-state index contributed by atoms with van der Waals surface area (Å²) < 4.78 is 0. The molecule has 0 saturated heterocycles. The van der Waals surface area contributed by atoms with Crippen LogP contribution in [0.3, 0.4) is 0 Å². The van der Waals surface area contributed by atoms with E-state index in [-0.39, 0.29) is 0 Å². The Hall–Kier alpha value is -0.780. The first-order valence-electron chi connectivity index (χ1n) is 15.9. The van der Waals surface area contributed by atoms with Crippen molar-refractivity contribution < 1.29 is 0 Å². The number of fused-ring (bicyclic) bond motifs is 1. The third-order valence-corrected chi connectivity index (χ3v) is 8.71. The van der Waals surface area contributed by atoms with Crippen molar-refractivity contribution in [3.05, 3.63) is 35.4 Å². The first-order chi connectivity index (χ1) is 16.8. The summed E-state index contributed by atoms with van der Waals surface area (Å²) in [5.74, 6) is 0. The fourth-order valence-corrected chi connectivity index (χ4v) is 6.55. The van der Waals surface area contributed by atoms with Crippen LogP contribution >= 0.6 is 0 Å². The van der Waals surface area contributed by atoms with Gasteiger partial charge in [0.1, 0.15) is 0 Å². The van der Waals surface area contributed by atoms with E-state index in [4.69, 9.17) is 0 Å². The van der Waals surface area contributed by atoms with Gasteiger partial charge in [-0.05, 0) is 48.6 Å². The molecule has 0 fully saturated rings. The van der Waals surface area contributed by atoms with E-state index in [9.17, 15) is 0 Å². The SMILES string of the molecule is CCCCCCCCCCCCC1(CCCCCCCCCCCC)CCCc2ccccc21. The number of rotatable bonds is 22. The van der Waals surface area contributed by atoms with Crippen LogP contribution in [0.4, 0.5) is 0 Å². The van der Waals surface area contributed by atoms with Crippen LogP contribution in [-0.2, 0) is 11.8 Å². The van der Waals surface area contributed by atoms with E-state index in [0.717, 1.165) is 0 Å². The van der Waals surface area contributed by atoms with Crippen LogP contribution in [0.1, 0.15) is 179 Å². The van der Waals surface area contributed by atoms with Crippen LogP contribution in [0.5, 0.6) is 0 Å². The predicted molar refractivity (Wildman–Crippen MR) is 154 cm³/mol. The molecule has 0 heterocycles. The zero-order chi connectivity index (χ0) is 24.2. The molecule has 0 spiro atoms. The van der Waals surface area contributed by atoms with Crippen molar-refractivity contribution in [2.75, 3.05) is 0 Å². The lowest BCUT2D eigenvalue weighted by atomic mass is 9.64. The number of aryl methyl sites for hydroxylation is 1. The van der Waals surface area contributed by atoms with Gasteiger partial charge in [-0.2, -0.15) is 0 Å². The molecule has 34 heavy (non-hydrogen) atoms. The highest BCUT2D eigenvalue weighted by molar-refractivity contribution is 5.36. The van der Waals surface area contributed by atoms with Gasteiger partial charge in [0, 0.05) is 0 Å². The van der Waals surface area contributed by atoms with Crippen LogP contribution < -0.4 is 0 Å². The van der Waals surface area contributed by atoms with Crippen molar-refractivity contribution >= 4 is 0 Å². The van der Waals surface area contributed by atoms with Crippen LogP contribution in [0, 0.1) is 0 Å². The predicted octanol–water partition coefficient (Wildman–Crippen LogP) is 11.9. The Labute approximate surface area is 215 Å². The van der Waals surface area contributed by atoms with Gasteiger partial charge in [0.05, 0.1) is 0 Å². The number of unbranched alkanes of at least 4 members (excludes halogenated alkanes) is 18. The summed E-state index contributed by atoms with van der Waals surface area (Å²) >= 11 is 0. The highest BCUT2D eigenvalue weighted by atomic mass is 14.4. The van der Waals surface area contributed by atoms with Crippen LogP contribution in [0.15, 0.2) is 24.3 Å². The van der Waals surface area contributed by atoms with Crippen molar-refractivity contribution in [1.82, 2.24) is 0 Å². The maximum atomic E-state index is 2.50. The molecule has 0 amide bonds. The summed E-state index contributed by atoms with van der Waals surface area (Å²) in [4.78, 5) is 0. The quantitative estimate of drug-likeness (QED) is 0.148. The Morgan fingerprint density at radius 3 is 1.41 bits per heavy atom. The van der Waals surface area contributed by atoms with E-state index < -0.39 is 0 Å². The van der Waals surface area contributed by atoms with Gasteiger partial charge >= 0.3 is 0 Å². The maximum absolute atomic E-state index is 2.50. The minimum absolute atomic E-state index is 0.495. The standard InChI is InChI=1S/C34H60/c1-3-5-7-9-11-13-15-17-19-23-29-34(31-25-27-32-26-21-22-28-33(32)34)30-24-20-18-16-14-12-10-8-6-4-2/h21-22,26,28H,3-20,23-25,27,29-31H2,1-2H3. The first kappa shape index (κ1) is 29.5. The molecule has 0 unspecified atom stereocenters. The van der Waals surface area contributed by atoms with Crippen molar-refractivity contribution in [3.63, 3.8) is 0 Å². The van der Waals surface area contributed by atoms with Gasteiger partial charge in [0.25, 0.3) is 0 Å². The molecule has 1 aromatic rings. The van der Waals surface area contributed by atoms with E-state index >= 15 is 0 Å². The Kier molecular flexibility index (Phi) is 16.8. The van der Waals surface area contributed by atoms with Crippen LogP contribution in [0.25, 0.3) is 0 Å². The molecule has 0 atom stereocenters. The molecular weight excluding hydrogens is 408 g/mol. The molecule has 0 nitrogen and oxygen atoms in total. The lowest BCUT2D eigenvalue weighted by Gasteiger charge is -2.40. The highest BCUT2D eigenvalue weighted by Crippen LogP contribution is 2.45. The largest absolute Gasteiger partial charge is 0.0654 e. The fourth-order valence-electron chi connectivity index (χ4n) is 6.55. The third-order valence-electron chi connectivity index (χ3n) is 8.71. The molecule has 1 aliphatic carbocycles. The third kappa shape index (κ3) is 11.8. The van der Waals surface area contributed by atoms with Gasteiger partial charge in [0.15, 0.2) is 0 Å². The second-order valence-corrected chi connectivity index (χ2v) is 11.7. The van der Waals surface area contributed by atoms with E-state index in [1.165, 1.54) is 161 Å². The average Bonchev–Trinajstić information content (AvgIpc) is 2.86. The molecular formula is C34H60. The second kappa shape index (κ2) is 19.4. The number of hydrogen-bond donors (Lipinski definition) is 0. The molecule has 2 rings (SSSR count). The van der Waals surface area contributed by atoms with Crippen LogP contribution in [-0.4, -0.2) is 0 Å². The maximum Gasteiger partial charge on any atom is -0.00441 e. The molecule has 0 N–H and O–H groups in total. The Morgan fingerprint density at radius 1 is 0.529 bits per heavy atom. The number of benzene rings is 1. The van der Waals surface area contributed by atoms with Gasteiger partial charge in [-0.25, -0.2) is 0 Å². The molecule has 0 saturated carbocycles. The lowest BCUT2D eigenvalue weighted by molar-refractivity contribution is 0.288. The Bertz CT molecular complexity index is 561. The molecule has 1 aromatic carbocycles. The summed E-state index contributed by atoms with van der Waals surface area (Å²) in [5.41, 5.74) is 3.91. The molecule has 0 aliphatic heterocycles. The van der Waals surface area contributed by atoms with Gasteiger partial charge in [0.2, 0.25) is 0 Å². The summed E-state index contributed by atoms with van der Waals surface area (Å²) in [6.07, 6.45) is 36.0. The zero-order valence-electron chi connectivity index (χ0n) is 23.5. The molecule has 0 radical (unpaired) electrons. The zero-order valence-corrected chi connectivity index (χ0v) is 23.5. The molecule has 196 valence electrons. The summed E-state index contributed by atoms with van der Waals surface area (Å²) in [7, 11) is 0. The summed E-state index contributed by atoms with van der Waals surface area (Å²) in [6, 6.07) is 9.52. The minimum Gasteiger partial charge on any atom is -0.0654 e. The lowest BCUT2D eigenvalue weighted by Crippen LogP contribution is -2.31. The highest BCUT2D eigenvalue weighted by Gasteiger charge is 2.35. The van der Waals surface area contributed by atoms with Gasteiger partial charge < -0.3 is 0 Å².